The smallest absolute Gasteiger partial charge is 0.251 e. The number of nitrogens with zero attached hydrogens (tertiary/aromatic N) is 1. The molecular formula is C16H25NO5. The minimum absolute atomic E-state index is 0.296. The summed E-state index contributed by atoms with van der Waals surface area (Å²) in [6, 6.07) is 7.48. The predicted octanol–water partition coefficient (Wildman–Crippen LogP) is 1.62. The highest BCUT2D eigenvalue weighted by molar-refractivity contribution is 5.77. The molecule has 0 aliphatic carbocycles. The monoisotopic (exact) mass is 311 g/mol. The molecule has 1 aromatic carbocycles. The molecule has 6 heteroatoms. The van der Waals surface area contributed by atoms with E-state index >= 15 is 0 Å². The number of amides is 1. The van der Waals surface area contributed by atoms with Crippen LogP contribution in [0.25, 0.3) is 0 Å². The molecule has 0 aromatic heterocycles. The molecule has 0 saturated carbocycles. The standard InChI is InChI=1S/C16H25NO5/c1-11(16(19)17(3)21-5)15(18)12(2)22-10-13-6-8-14(20-4)9-7-13/h6-9,11-12,15,18H,10H2,1-5H3/t11-,12-,15-/m0/s1. The molecule has 124 valence electrons. The molecular weight excluding hydrogens is 286 g/mol. The van der Waals surface area contributed by atoms with E-state index in [1.807, 2.05) is 24.3 Å². The molecule has 6 nitrogen and oxygen atoms in total. The Bertz CT molecular complexity index is 462. The van der Waals surface area contributed by atoms with Gasteiger partial charge in [0.2, 0.25) is 0 Å². The van der Waals surface area contributed by atoms with E-state index in [-0.39, 0.29) is 5.91 Å². The van der Waals surface area contributed by atoms with E-state index in [4.69, 9.17) is 14.3 Å². The van der Waals surface area contributed by atoms with E-state index in [1.54, 1.807) is 21.0 Å². The number of benzene rings is 1. The van der Waals surface area contributed by atoms with Gasteiger partial charge in [-0.15, -0.1) is 0 Å². The Kier molecular flexibility index (Phi) is 7.31. The summed E-state index contributed by atoms with van der Waals surface area (Å²) in [4.78, 5) is 16.8. The molecule has 1 aromatic rings. The summed E-state index contributed by atoms with van der Waals surface area (Å²) in [5, 5.41) is 11.3. The van der Waals surface area contributed by atoms with Crippen LogP contribution >= 0.6 is 0 Å². The topological polar surface area (TPSA) is 68.2 Å². The van der Waals surface area contributed by atoms with Crippen molar-refractivity contribution in [3.8, 4) is 5.75 Å². The van der Waals surface area contributed by atoms with Gasteiger partial charge in [0, 0.05) is 7.05 Å². The summed E-state index contributed by atoms with van der Waals surface area (Å²) in [5.74, 6) is -0.135. The van der Waals surface area contributed by atoms with E-state index in [1.165, 1.54) is 14.2 Å². The highest BCUT2D eigenvalue weighted by Gasteiger charge is 2.29. The lowest BCUT2D eigenvalue weighted by atomic mass is 9.99. The number of aliphatic hydroxyl groups is 1. The SMILES string of the molecule is COc1ccc(CO[C@@H](C)[C@@H](O)[C@H](C)C(=O)N(C)OC)cc1. The van der Waals surface area contributed by atoms with Crippen LogP contribution in [0, 0.1) is 5.92 Å². The third-order valence-electron chi connectivity index (χ3n) is 3.64. The van der Waals surface area contributed by atoms with Crippen LogP contribution < -0.4 is 4.74 Å². The van der Waals surface area contributed by atoms with Gasteiger partial charge in [0.25, 0.3) is 5.91 Å². The molecule has 0 spiro atoms. The maximum absolute atomic E-state index is 11.9. The van der Waals surface area contributed by atoms with E-state index in [9.17, 15) is 9.90 Å². The molecule has 3 atom stereocenters. The fourth-order valence-corrected chi connectivity index (χ4v) is 1.98. The summed E-state index contributed by atoms with van der Waals surface area (Å²) in [6.45, 7) is 3.74. The first-order valence-corrected chi connectivity index (χ1v) is 7.15. The highest BCUT2D eigenvalue weighted by atomic mass is 16.7. The number of carbonyl (C=O) groups is 1. The van der Waals surface area contributed by atoms with E-state index < -0.39 is 18.1 Å². The van der Waals surface area contributed by atoms with Crippen molar-refractivity contribution >= 4 is 5.91 Å². The summed E-state index contributed by atoms with van der Waals surface area (Å²) in [5.41, 5.74) is 0.966. The average Bonchev–Trinajstić information content (AvgIpc) is 2.57. The molecule has 0 saturated heterocycles. The van der Waals surface area contributed by atoms with E-state index in [0.29, 0.717) is 6.61 Å². The van der Waals surface area contributed by atoms with Crippen LogP contribution in [0.5, 0.6) is 5.75 Å². The number of aliphatic hydroxyl groups excluding tert-OH is 1. The Morgan fingerprint density at radius 1 is 1.23 bits per heavy atom. The van der Waals surface area contributed by atoms with Crippen molar-refractivity contribution in [3.63, 3.8) is 0 Å². The summed E-state index contributed by atoms with van der Waals surface area (Å²) in [7, 11) is 4.52. The molecule has 0 bridgehead atoms. The van der Waals surface area contributed by atoms with E-state index in [0.717, 1.165) is 16.4 Å². The van der Waals surface area contributed by atoms with Crippen molar-refractivity contribution in [1.29, 1.82) is 0 Å². The van der Waals surface area contributed by atoms with Crippen LogP contribution in [0.4, 0.5) is 0 Å². The van der Waals surface area contributed by atoms with Crippen LogP contribution in [0.1, 0.15) is 19.4 Å². The zero-order valence-corrected chi connectivity index (χ0v) is 13.8. The van der Waals surface area contributed by atoms with Crippen LogP contribution in [0.2, 0.25) is 0 Å². The number of hydroxylamine groups is 2. The molecule has 1 amide bonds. The molecule has 0 aliphatic rings. The molecule has 22 heavy (non-hydrogen) atoms. The fraction of sp³-hybridized carbons (Fsp3) is 0.562. The quantitative estimate of drug-likeness (QED) is 0.739. The Morgan fingerprint density at radius 3 is 2.32 bits per heavy atom. The summed E-state index contributed by atoms with van der Waals surface area (Å²) >= 11 is 0. The van der Waals surface area contributed by atoms with Crippen molar-refractivity contribution < 1.29 is 24.2 Å². The van der Waals surface area contributed by atoms with Crippen LogP contribution in [0.15, 0.2) is 24.3 Å². The van der Waals surface area contributed by atoms with Crippen LogP contribution in [0.3, 0.4) is 0 Å². The molecule has 1 N–H and O–H groups in total. The normalized spacial score (nSPS) is 15.0. The third kappa shape index (κ3) is 4.98. The zero-order chi connectivity index (χ0) is 16.7. The second kappa shape index (κ2) is 8.73. The van der Waals surface area contributed by atoms with Gasteiger partial charge in [-0.3, -0.25) is 9.63 Å². The summed E-state index contributed by atoms with van der Waals surface area (Å²) in [6.07, 6.45) is -1.39. The van der Waals surface area contributed by atoms with Crippen molar-refractivity contribution in [3.05, 3.63) is 29.8 Å². The predicted molar refractivity (Wildman–Crippen MR) is 82.2 cm³/mol. The first kappa shape index (κ1) is 18.4. The van der Waals surface area contributed by atoms with Crippen LogP contribution in [-0.4, -0.2) is 49.6 Å². The largest absolute Gasteiger partial charge is 0.497 e. The van der Waals surface area contributed by atoms with Gasteiger partial charge in [-0.2, -0.15) is 0 Å². The van der Waals surface area contributed by atoms with Crippen molar-refractivity contribution in [2.75, 3.05) is 21.3 Å². The lowest BCUT2D eigenvalue weighted by Gasteiger charge is -2.26. The first-order chi connectivity index (χ1) is 10.4. The molecule has 0 heterocycles. The Morgan fingerprint density at radius 2 is 1.82 bits per heavy atom. The second-order valence-electron chi connectivity index (χ2n) is 5.16. The van der Waals surface area contributed by atoms with Gasteiger partial charge in [-0.05, 0) is 24.6 Å². The number of carbonyl (C=O) groups excluding carboxylic acids is 1. The first-order valence-electron chi connectivity index (χ1n) is 7.15. The number of hydrogen-bond donors (Lipinski definition) is 1. The Hall–Kier alpha value is -1.63. The van der Waals surface area contributed by atoms with Gasteiger partial charge in [-0.1, -0.05) is 19.1 Å². The molecule has 0 unspecified atom stereocenters. The third-order valence-corrected chi connectivity index (χ3v) is 3.64. The number of hydrogen-bond acceptors (Lipinski definition) is 5. The maximum atomic E-state index is 11.9. The Balaban J connectivity index is 2.52. The molecule has 1 rings (SSSR count). The average molecular weight is 311 g/mol. The van der Waals surface area contributed by atoms with E-state index in [2.05, 4.69) is 0 Å². The maximum Gasteiger partial charge on any atom is 0.251 e. The molecule has 0 aliphatic heterocycles. The number of ether oxygens (including phenoxy) is 2. The van der Waals surface area contributed by atoms with Crippen molar-refractivity contribution in [1.82, 2.24) is 5.06 Å². The Labute approximate surface area is 131 Å². The summed E-state index contributed by atoms with van der Waals surface area (Å²) < 4.78 is 10.7. The van der Waals surface area contributed by atoms with Crippen molar-refractivity contribution in [2.24, 2.45) is 5.92 Å². The lowest BCUT2D eigenvalue weighted by molar-refractivity contribution is -0.179. The molecule has 0 radical (unpaired) electrons. The minimum atomic E-state index is -0.914. The lowest BCUT2D eigenvalue weighted by Crippen LogP contribution is -2.42. The zero-order valence-electron chi connectivity index (χ0n) is 13.8. The van der Waals surface area contributed by atoms with Gasteiger partial charge in [0.1, 0.15) is 5.75 Å². The van der Waals surface area contributed by atoms with Crippen molar-refractivity contribution in [2.45, 2.75) is 32.7 Å². The van der Waals surface area contributed by atoms with Gasteiger partial charge in [-0.25, -0.2) is 5.06 Å². The van der Waals surface area contributed by atoms with Gasteiger partial charge in [0.15, 0.2) is 0 Å². The fourth-order valence-electron chi connectivity index (χ4n) is 1.98. The van der Waals surface area contributed by atoms with Gasteiger partial charge in [0.05, 0.1) is 39.0 Å². The second-order valence-corrected chi connectivity index (χ2v) is 5.16. The van der Waals surface area contributed by atoms with Gasteiger partial charge < -0.3 is 14.6 Å². The number of rotatable bonds is 8. The van der Waals surface area contributed by atoms with Crippen LogP contribution in [-0.2, 0) is 21.0 Å². The highest BCUT2D eigenvalue weighted by Crippen LogP contribution is 2.16. The molecule has 0 fully saturated rings. The minimum Gasteiger partial charge on any atom is -0.497 e. The van der Waals surface area contributed by atoms with Gasteiger partial charge >= 0.3 is 0 Å². The number of methoxy groups -OCH3 is 1.